The van der Waals surface area contributed by atoms with Gasteiger partial charge in [-0.2, -0.15) is 0 Å². The van der Waals surface area contributed by atoms with E-state index in [0.717, 1.165) is 11.6 Å². The summed E-state index contributed by atoms with van der Waals surface area (Å²) in [5, 5.41) is 4.04. The first-order valence-electron chi connectivity index (χ1n) is 4.96. The summed E-state index contributed by atoms with van der Waals surface area (Å²) in [5.74, 6) is 0. The number of hydrogen-bond donors (Lipinski definition) is 1. The molecule has 0 bridgehead atoms. The predicted octanol–water partition coefficient (Wildman–Crippen LogP) is 3.08. The van der Waals surface area contributed by atoms with Gasteiger partial charge in [-0.25, -0.2) is 4.98 Å². The lowest BCUT2D eigenvalue weighted by Gasteiger charge is -2.02. The normalized spacial score (nSPS) is 10.3. The fourth-order valence-electron chi connectivity index (χ4n) is 1.50. The predicted molar refractivity (Wildman–Crippen MR) is 65.6 cm³/mol. The van der Waals surface area contributed by atoms with E-state index in [2.05, 4.69) is 41.5 Å². The Balaban J connectivity index is 2.18. The van der Waals surface area contributed by atoms with Gasteiger partial charge in [0.2, 0.25) is 0 Å². The van der Waals surface area contributed by atoms with Crippen LogP contribution in [-0.2, 0) is 6.42 Å². The van der Waals surface area contributed by atoms with E-state index in [9.17, 15) is 0 Å². The summed E-state index contributed by atoms with van der Waals surface area (Å²) in [5.41, 5.74) is 2.72. The zero-order valence-electron chi connectivity index (χ0n) is 8.95. The van der Waals surface area contributed by atoms with Crippen molar-refractivity contribution >= 4 is 16.5 Å². The van der Waals surface area contributed by atoms with Crippen LogP contribution >= 0.6 is 11.3 Å². The van der Waals surface area contributed by atoms with Gasteiger partial charge in [0.1, 0.15) is 0 Å². The van der Waals surface area contributed by atoms with Gasteiger partial charge >= 0.3 is 0 Å². The summed E-state index contributed by atoms with van der Waals surface area (Å²) in [6, 6.07) is 8.48. The summed E-state index contributed by atoms with van der Waals surface area (Å²) >= 11 is 1.71. The summed E-state index contributed by atoms with van der Waals surface area (Å²) in [6.07, 6.45) is 2.93. The molecule has 15 heavy (non-hydrogen) atoms. The molecule has 1 heterocycles. The monoisotopic (exact) mass is 218 g/mol. The van der Waals surface area contributed by atoms with Crippen LogP contribution in [0.25, 0.3) is 0 Å². The van der Waals surface area contributed by atoms with Gasteiger partial charge < -0.3 is 5.32 Å². The van der Waals surface area contributed by atoms with Crippen LogP contribution in [0.3, 0.4) is 0 Å². The molecule has 0 radical (unpaired) electrons. The Hall–Kier alpha value is -1.35. The molecule has 2 aromatic rings. The van der Waals surface area contributed by atoms with Crippen LogP contribution < -0.4 is 5.32 Å². The van der Waals surface area contributed by atoms with Crippen LogP contribution in [0.5, 0.6) is 0 Å². The minimum atomic E-state index is 0.978. The Morgan fingerprint density at radius 3 is 2.80 bits per heavy atom. The number of benzene rings is 1. The Kier molecular flexibility index (Phi) is 3.02. The quantitative estimate of drug-likeness (QED) is 0.856. The zero-order chi connectivity index (χ0) is 10.7. The Morgan fingerprint density at radius 2 is 2.13 bits per heavy atom. The molecule has 3 heteroatoms. The second-order valence-electron chi connectivity index (χ2n) is 3.48. The lowest BCUT2D eigenvalue weighted by atomic mass is 10.1. The van der Waals surface area contributed by atoms with Gasteiger partial charge in [-0.15, -0.1) is 11.3 Å². The second kappa shape index (κ2) is 4.45. The molecule has 0 unspecified atom stereocenters. The van der Waals surface area contributed by atoms with Gasteiger partial charge in [-0.3, -0.25) is 0 Å². The summed E-state index contributed by atoms with van der Waals surface area (Å²) in [6.45, 7) is 2.15. The van der Waals surface area contributed by atoms with Crippen LogP contribution in [0.4, 0.5) is 5.13 Å². The number of nitrogens with one attached hydrogen (secondary N) is 1. The number of thiazole rings is 1. The van der Waals surface area contributed by atoms with Crippen LogP contribution in [-0.4, -0.2) is 12.0 Å². The van der Waals surface area contributed by atoms with Crippen molar-refractivity contribution in [3.8, 4) is 0 Å². The molecule has 0 aliphatic rings. The molecule has 1 aromatic heterocycles. The lowest BCUT2D eigenvalue weighted by molar-refractivity contribution is 1.18. The standard InChI is InChI=1S/C12H14N2S/c1-9-5-3-4-6-10(9)7-11-8-14-12(13-2)15-11/h3-6,8H,7H2,1-2H3,(H,13,14). The maximum absolute atomic E-state index is 4.27. The van der Waals surface area contributed by atoms with Crippen molar-refractivity contribution in [3.05, 3.63) is 46.5 Å². The van der Waals surface area contributed by atoms with E-state index in [1.54, 1.807) is 11.3 Å². The largest absolute Gasteiger partial charge is 0.365 e. The number of anilines is 1. The minimum absolute atomic E-state index is 0.978. The highest BCUT2D eigenvalue weighted by atomic mass is 32.1. The SMILES string of the molecule is CNc1ncc(Cc2ccccc2C)s1. The molecule has 0 aliphatic heterocycles. The number of hydrogen-bond acceptors (Lipinski definition) is 3. The molecular formula is C12H14N2S. The highest BCUT2D eigenvalue weighted by Crippen LogP contribution is 2.21. The Bertz CT molecular complexity index is 448. The van der Waals surface area contributed by atoms with Crippen molar-refractivity contribution in [3.63, 3.8) is 0 Å². The second-order valence-corrected chi connectivity index (χ2v) is 4.60. The molecule has 2 nitrogen and oxygen atoms in total. The van der Waals surface area contributed by atoms with Crippen molar-refractivity contribution in [1.82, 2.24) is 4.98 Å². The zero-order valence-corrected chi connectivity index (χ0v) is 9.77. The van der Waals surface area contributed by atoms with Crippen molar-refractivity contribution in [1.29, 1.82) is 0 Å². The fourth-order valence-corrected chi connectivity index (χ4v) is 2.29. The third kappa shape index (κ3) is 2.36. The third-order valence-corrected chi connectivity index (χ3v) is 3.41. The molecule has 1 aromatic carbocycles. The Labute approximate surface area is 94.0 Å². The molecule has 1 N–H and O–H groups in total. The smallest absolute Gasteiger partial charge is 0.182 e. The van der Waals surface area contributed by atoms with E-state index in [0.29, 0.717) is 0 Å². The molecular weight excluding hydrogens is 204 g/mol. The van der Waals surface area contributed by atoms with Crippen molar-refractivity contribution in [2.45, 2.75) is 13.3 Å². The van der Waals surface area contributed by atoms with E-state index in [1.165, 1.54) is 16.0 Å². The molecule has 0 aliphatic carbocycles. The third-order valence-electron chi connectivity index (χ3n) is 2.39. The highest BCUT2D eigenvalue weighted by Gasteiger charge is 2.03. The molecule has 78 valence electrons. The van der Waals surface area contributed by atoms with Crippen molar-refractivity contribution in [2.24, 2.45) is 0 Å². The maximum Gasteiger partial charge on any atom is 0.182 e. The highest BCUT2D eigenvalue weighted by molar-refractivity contribution is 7.15. The van der Waals surface area contributed by atoms with E-state index in [4.69, 9.17) is 0 Å². The number of nitrogens with zero attached hydrogens (tertiary/aromatic N) is 1. The number of aryl methyl sites for hydroxylation is 1. The van der Waals surface area contributed by atoms with E-state index in [-0.39, 0.29) is 0 Å². The summed E-state index contributed by atoms with van der Waals surface area (Å²) < 4.78 is 0. The lowest BCUT2D eigenvalue weighted by Crippen LogP contribution is -1.88. The molecule has 0 spiro atoms. The van der Waals surface area contributed by atoms with Gasteiger partial charge in [0.05, 0.1) is 0 Å². The molecule has 0 saturated carbocycles. The summed E-state index contributed by atoms with van der Waals surface area (Å²) in [7, 11) is 1.90. The Morgan fingerprint density at radius 1 is 1.33 bits per heavy atom. The van der Waals surface area contributed by atoms with Crippen LogP contribution in [0.15, 0.2) is 30.5 Å². The van der Waals surface area contributed by atoms with E-state index >= 15 is 0 Å². The average molecular weight is 218 g/mol. The molecule has 0 atom stereocenters. The van der Waals surface area contributed by atoms with Crippen LogP contribution in [0.2, 0.25) is 0 Å². The number of aromatic nitrogens is 1. The molecule has 2 rings (SSSR count). The number of rotatable bonds is 3. The summed E-state index contributed by atoms with van der Waals surface area (Å²) in [4.78, 5) is 5.57. The topological polar surface area (TPSA) is 24.9 Å². The van der Waals surface area contributed by atoms with Gasteiger partial charge in [-0.05, 0) is 18.1 Å². The molecule has 0 fully saturated rings. The van der Waals surface area contributed by atoms with E-state index in [1.807, 2.05) is 13.2 Å². The van der Waals surface area contributed by atoms with Crippen molar-refractivity contribution < 1.29 is 0 Å². The molecule has 0 saturated heterocycles. The van der Waals surface area contributed by atoms with Gasteiger partial charge in [0.25, 0.3) is 0 Å². The fraction of sp³-hybridized carbons (Fsp3) is 0.250. The van der Waals surface area contributed by atoms with Gasteiger partial charge in [0.15, 0.2) is 5.13 Å². The minimum Gasteiger partial charge on any atom is -0.365 e. The first kappa shape index (κ1) is 10.2. The van der Waals surface area contributed by atoms with Gasteiger partial charge in [0, 0.05) is 24.5 Å². The first-order valence-corrected chi connectivity index (χ1v) is 5.78. The van der Waals surface area contributed by atoms with Crippen molar-refractivity contribution in [2.75, 3.05) is 12.4 Å². The molecule has 0 amide bonds. The maximum atomic E-state index is 4.27. The van der Waals surface area contributed by atoms with Crippen LogP contribution in [0, 0.1) is 6.92 Å². The van der Waals surface area contributed by atoms with E-state index < -0.39 is 0 Å². The first-order chi connectivity index (χ1) is 7.29. The average Bonchev–Trinajstić information content (AvgIpc) is 2.69. The van der Waals surface area contributed by atoms with Gasteiger partial charge in [-0.1, -0.05) is 24.3 Å². The van der Waals surface area contributed by atoms with Crippen LogP contribution in [0.1, 0.15) is 16.0 Å².